The van der Waals surface area contributed by atoms with Crippen LogP contribution in [-0.2, 0) is 17.8 Å². The van der Waals surface area contributed by atoms with Gasteiger partial charge in [0.1, 0.15) is 12.4 Å². The van der Waals surface area contributed by atoms with E-state index in [1.165, 1.54) is 0 Å². The van der Waals surface area contributed by atoms with E-state index >= 15 is 0 Å². The molecule has 1 aromatic carbocycles. The number of benzene rings is 1. The fourth-order valence-electron chi connectivity index (χ4n) is 2.00. The molecule has 5 nitrogen and oxygen atoms in total. The molecule has 0 aliphatic rings. The minimum Gasteiger partial charge on any atom is -0.493 e. The fourth-order valence-corrected chi connectivity index (χ4v) is 2.00. The van der Waals surface area contributed by atoms with Gasteiger partial charge in [-0.2, -0.15) is 5.10 Å². The van der Waals surface area contributed by atoms with Gasteiger partial charge in [-0.1, -0.05) is 31.5 Å². The van der Waals surface area contributed by atoms with Crippen LogP contribution in [0.1, 0.15) is 42.0 Å². The molecule has 0 amide bonds. The van der Waals surface area contributed by atoms with Crippen molar-refractivity contribution < 1.29 is 14.3 Å². The second-order valence-electron chi connectivity index (χ2n) is 4.65. The van der Waals surface area contributed by atoms with Crippen molar-refractivity contribution in [3.05, 3.63) is 47.3 Å². The number of esters is 1. The zero-order chi connectivity index (χ0) is 15.1. The zero-order valence-electron chi connectivity index (χ0n) is 12.4. The molecule has 21 heavy (non-hydrogen) atoms. The second-order valence-corrected chi connectivity index (χ2v) is 4.65. The van der Waals surface area contributed by atoms with Crippen LogP contribution in [-0.4, -0.2) is 22.8 Å². The number of carbonyl (C=O) groups excluding carboxylic acids is 1. The molecular formula is C16H20N2O3. The number of aryl methyl sites for hydroxylation is 1. The van der Waals surface area contributed by atoms with E-state index in [9.17, 15) is 4.79 Å². The van der Waals surface area contributed by atoms with Gasteiger partial charge in [0.2, 0.25) is 0 Å². The predicted molar refractivity (Wildman–Crippen MR) is 79.3 cm³/mol. The van der Waals surface area contributed by atoms with Crippen LogP contribution in [0, 0.1) is 0 Å². The van der Waals surface area contributed by atoms with Gasteiger partial charge in [0.25, 0.3) is 0 Å². The van der Waals surface area contributed by atoms with E-state index in [1.807, 2.05) is 31.2 Å². The maximum absolute atomic E-state index is 12.0. The minimum absolute atomic E-state index is 0.172. The molecule has 112 valence electrons. The molecule has 0 atom stereocenters. The van der Waals surface area contributed by atoms with Gasteiger partial charge in [0.15, 0.2) is 5.69 Å². The minimum atomic E-state index is -0.431. The number of nitrogens with zero attached hydrogens (tertiary/aromatic N) is 1. The van der Waals surface area contributed by atoms with Gasteiger partial charge in [-0.15, -0.1) is 0 Å². The van der Waals surface area contributed by atoms with Crippen molar-refractivity contribution in [1.29, 1.82) is 0 Å². The van der Waals surface area contributed by atoms with Crippen LogP contribution in [0.15, 0.2) is 30.3 Å². The monoisotopic (exact) mass is 288 g/mol. The Balaban J connectivity index is 1.97. The molecule has 2 aromatic rings. The molecule has 1 heterocycles. The first-order valence-electron chi connectivity index (χ1n) is 7.16. The molecule has 0 spiro atoms. The topological polar surface area (TPSA) is 64.2 Å². The van der Waals surface area contributed by atoms with Crippen LogP contribution in [0.25, 0.3) is 0 Å². The highest BCUT2D eigenvalue weighted by molar-refractivity contribution is 5.87. The zero-order valence-corrected chi connectivity index (χ0v) is 12.4. The number of ether oxygens (including phenoxy) is 2. The molecule has 0 aliphatic heterocycles. The van der Waals surface area contributed by atoms with Crippen molar-refractivity contribution in [1.82, 2.24) is 10.2 Å². The summed E-state index contributed by atoms with van der Waals surface area (Å²) >= 11 is 0. The van der Waals surface area contributed by atoms with Crippen molar-refractivity contribution in [2.24, 2.45) is 0 Å². The number of hydrogen-bond acceptors (Lipinski definition) is 4. The Labute approximate surface area is 124 Å². The molecule has 0 saturated heterocycles. The molecule has 1 aromatic heterocycles. The third kappa shape index (κ3) is 4.08. The van der Waals surface area contributed by atoms with Gasteiger partial charge in [-0.25, -0.2) is 4.79 Å². The van der Waals surface area contributed by atoms with Gasteiger partial charge in [0.05, 0.1) is 6.61 Å². The number of carbonyl (C=O) groups is 1. The highest BCUT2D eigenvalue weighted by Crippen LogP contribution is 2.19. The summed E-state index contributed by atoms with van der Waals surface area (Å²) in [6.45, 7) is 4.74. The van der Waals surface area contributed by atoms with E-state index < -0.39 is 5.97 Å². The van der Waals surface area contributed by atoms with Crippen LogP contribution in [0.3, 0.4) is 0 Å². The van der Waals surface area contributed by atoms with Gasteiger partial charge >= 0.3 is 5.97 Å². The summed E-state index contributed by atoms with van der Waals surface area (Å²) in [5, 5.41) is 6.82. The number of rotatable bonds is 7. The summed E-state index contributed by atoms with van der Waals surface area (Å²) in [7, 11) is 0. The van der Waals surface area contributed by atoms with E-state index in [-0.39, 0.29) is 6.61 Å². The first kappa shape index (κ1) is 15.1. The van der Waals surface area contributed by atoms with Crippen LogP contribution in [0.5, 0.6) is 5.75 Å². The smallest absolute Gasteiger partial charge is 0.359 e. The second kappa shape index (κ2) is 7.47. The molecule has 0 radical (unpaired) electrons. The molecule has 0 unspecified atom stereocenters. The Morgan fingerprint density at radius 2 is 2.10 bits per heavy atom. The highest BCUT2D eigenvalue weighted by Gasteiger charge is 2.13. The normalized spacial score (nSPS) is 10.4. The molecular weight excluding hydrogens is 268 g/mol. The van der Waals surface area contributed by atoms with Crippen LogP contribution >= 0.6 is 0 Å². The maximum Gasteiger partial charge on any atom is 0.359 e. The Hall–Kier alpha value is -2.30. The first-order chi connectivity index (χ1) is 10.2. The van der Waals surface area contributed by atoms with Gasteiger partial charge < -0.3 is 9.47 Å². The summed E-state index contributed by atoms with van der Waals surface area (Å²) in [5.74, 6) is 0.307. The SMILES string of the molecule is CCCc1cc(C(=O)OCc2ccccc2OCC)n[nH]1. The Kier molecular flexibility index (Phi) is 5.37. The van der Waals surface area contributed by atoms with Crippen LogP contribution < -0.4 is 4.74 Å². The van der Waals surface area contributed by atoms with Gasteiger partial charge in [-0.05, 0) is 25.5 Å². The Morgan fingerprint density at radius 3 is 2.86 bits per heavy atom. The largest absolute Gasteiger partial charge is 0.493 e. The number of para-hydroxylation sites is 1. The Bertz CT molecular complexity index is 593. The van der Waals surface area contributed by atoms with Crippen molar-refractivity contribution in [3.8, 4) is 5.75 Å². The van der Waals surface area contributed by atoms with Gasteiger partial charge in [0, 0.05) is 11.3 Å². The maximum atomic E-state index is 12.0. The quantitative estimate of drug-likeness (QED) is 0.795. The lowest BCUT2D eigenvalue weighted by molar-refractivity contribution is 0.0462. The van der Waals surface area contributed by atoms with E-state index in [2.05, 4.69) is 17.1 Å². The number of aromatic nitrogens is 2. The van der Waals surface area contributed by atoms with E-state index in [1.54, 1.807) is 6.07 Å². The molecule has 2 rings (SSSR count). The molecule has 0 saturated carbocycles. The van der Waals surface area contributed by atoms with E-state index in [0.29, 0.717) is 12.3 Å². The number of hydrogen-bond donors (Lipinski definition) is 1. The standard InChI is InChI=1S/C16H20N2O3/c1-3-7-13-10-14(18-17-13)16(19)21-11-12-8-5-6-9-15(12)20-4-2/h5-6,8-10H,3-4,7,11H2,1-2H3,(H,17,18). The predicted octanol–water partition coefficient (Wildman–Crippen LogP) is 3.12. The highest BCUT2D eigenvalue weighted by atomic mass is 16.5. The van der Waals surface area contributed by atoms with Crippen LogP contribution in [0.2, 0.25) is 0 Å². The lowest BCUT2D eigenvalue weighted by Gasteiger charge is -2.09. The number of nitrogens with one attached hydrogen (secondary N) is 1. The van der Waals surface area contributed by atoms with E-state index in [0.717, 1.165) is 29.8 Å². The lowest BCUT2D eigenvalue weighted by atomic mass is 10.2. The summed E-state index contributed by atoms with van der Waals surface area (Å²) in [6.07, 6.45) is 1.87. The molecule has 0 aliphatic carbocycles. The molecule has 1 N–H and O–H groups in total. The van der Waals surface area contributed by atoms with Crippen LogP contribution in [0.4, 0.5) is 0 Å². The average molecular weight is 288 g/mol. The third-order valence-electron chi connectivity index (χ3n) is 2.99. The van der Waals surface area contributed by atoms with E-state index in [4.69, 9.17) is 9.47 Å². The number of aromatic amines is 1. The molecule has 5 heteroatoms. The first-order valence-corrected chi connectivity index (χ1v) is 7.16. The summed E-state index contributed by atoms with van der Waals surface area (Å²) in [4.78, 5) is 12.0. The van der Waals surface area contributed by atoms with Crippen molar-refractivity contribution in [2.45, 2.75) is 33.3 Å². The summed E-state index contributed by atoms with van der Waals surface area (Å²) < 4.78 is 10.8. The molecule has 0 fully saturated rings. The molecule has 0 bridgehead atoms. The Morgan fingerprint density at radius 1 is 1.29 bits per heavy atom. The van der Waals surface area contributed by atoms with Crippen molar-refractivity contribution in [2.75, 3.05) is 6.61 Å². The number of H-pyrrole nitrogens is 1. The lowest BCUT2D eigenvalue weighted by Crippen LogP contribution is -2.07. The third-order valence-corrected chi connectivity index (χ3v) is 2.99. The summed E-state index contributed by atoms with van der Waals surface area (Å²) in [5.41, 5.74) is 2.10. The van der Waals surface area contributed by atoms with Gasteiger partial charge in [-0.3, -0.25) is 5.10 Å². The average Bonchev–Trinajstić information content (AvgIpc) is 2.95. The fraction of sp³-hybridized carbons (Fsp3) is 0.375. The summed E-state index contributed by atoms with van der Waals surface area (Å²) in [6, 6.07) is 9.26. The van der Waals surface area contributed by atoms with Crippen molar-refractivity contribution in [3.63, 3.8) is 0 Å². The van der Waals surface area contributed by atoms with Crippen molar-refractivity contribution >= 4 is 5.97 Å².